The van der Waals surface area contributed by atoms with E-state index in [0.29, 0.717) is 18.4 Å². The zero-order chi connectivity index (χ0) is 27.3. The van der Waals surface area contributed by atoms with Gasteiger partial charge in [-0.2, -0.15) is 0 Å². The van der Waals surface area contributed by atoms with Gasteiger partial charge in [0, 0.05) is 18.0 Å². The molecule has 0 radical (unpaired) electrons. The SMILES string of the molecule is CCC(O)(/C=C/c1ccc(C(CC)(CC)c2ccc(C(=O)N(C)C(C)C(=O)O)c(C)c2)cc1C)CC. The molecule has 0 aliphatic rings. The summed E-state index contributed by atoms with van der Waals surface area (Å²) in [5.74, 6) is -1.32. The first kappa shape index (κ1) is 29.3. The van der Waals surface area contributed by atoms with E-state index >= 15 is 0 Å². The largest absolute Gasteiger partial charge is 0.480 e. The summed E-state index contributed by atoms with van der Waals surface area (Å²) in [4.78, 5) is 25.6. The highest BCUT2D eigenvalue weighted by atomic mass is 16.4. The molecule has 0 spiro atoms. The molecule has 5 heteroatoms. The first-order valence-corrected chi connectivity index (χ1v) is 13.0. The first-order chi connectivity index (χ1) is 16.9. The number of carbonyl (C=O) groups excluding carboxylic acids is 1. The average molecular weight is 494 g/mol. The van der Waals surface area contributed by atoms with Gasteiger partial charge in [0.1, 0.15) is 6.04 Å². The number of aryl methyl sites for hydroxylation is 2. The maximum atomic E-state index is 13.0. The predicted molar refractivity (Wildman–Crippen MR) is 147 cm³/mol. The predicted octanol–water partition coefficient (Wildman–Crippen LogP) is 6.52. The second-order valence-corrected chi connectivity index (χ2v) is 9.96. The van der Waals surface area contributed by atoms with Crippen LogP contribution >= 0.6 is 0 Å². The standard InChI is InChI=1S/C31H43NO4/c1-9-30(36,10-2)18-17-24-13-14-25(19-21(24)5)31(11-3,12-4)26-15-16-27(22(6)20-26)28(33)32(8)23(7)29(34)35/h13-20,23,36H,9-12H2,1-8H3,(H,34,35)/b18-17+. The summed E-state index contributed by atoms with van der Waals surface area (Å²) in [5.41, 5.74) is 4.96. The van der Waals surface area contributed by atoms with Gasteiger partial charge in [-0.1, -0.05) is 70.2 Å². The molecular formula is C31H43NO4. The van der Waals surface area contributed by atoms with Crippen molar-refractivity contribution in [1.82, 2.24) is 4.90 Å². The van der Waals surface area contributed by atoms with Gasteiger partial charge in [-0.05, 0) is 80.3 Å². The van der Waals surface area contributed by atoms with E-state index in [1.807, 2.05) is 45.1 Å². The molecular weight excluding hydrogens is 450 g/mol. The summed E-state index contributed by atoms with van der Waals surface area (Å²) >= 11 is 0. The van der Waals surface area contributed by atoms with Gasteiger partial charge in [0.15, 0.2) is 0 Å². The summed E-state index contributed by atoms with van der Waals surface area (Å²) in [6.07, 6.45) is 7.07. The molecule has 2 aromatic rings. The van der Waals surface area contributed by atoms with Gasteiger partial charge < -0.3 is 15.1 Å². The van der Waals surface area contributed by atoms with Gasteiger partial charge in [0.2, 0.25) is 0 Å². The summed E-state index contributed by atoms with van der Waals surface area (Å²) < 4.78 is 0. The fraction of sp³-hybridized carbons (Fsp3) is 0.484. The van der Waals surface area contributed by atoms with E-state index in [2.05, 4.69) is 45.0 Å². The number of nitrogens with zero attached hydrogens (tertiary/aromatic N) is 1. The minimum Gasteiger partial charge on any atom is -0.480 e. The maximum Gasteiger partial charge on any atom is 0.326 e. The van der Waals surface area contributed by atoms with E-state index in [4.69, 9.17) is 0 Å². The molecule has 1 amide bonds. The summed E-state index contributed by atoms with van der Waals surface area (Å²) in [6, 6.07) is 11.6. The van der Waals surface area contributed by atoms with Crippen molar-refractivity contribution in [3.05, 3.63) is 75.9 Å². The third-order valence-electron chi connectivity index (χ3n) is 8.10. The zero-order valence-electron chi connectivity index (χ0n) is 23.2. The normalized spacial score (nSPS) is 13.1. The zero-order valence-corrected chi connectivity index (χ0v) is 23.2. The van der Waals surface area contributed by atoms with Crippen molar-refractivity contribution in [2.24, 2.45) is 0 Å². The fourth-order valence-electron chi connectivity index (χ4n) is 4.86. The third-order valence-corrected chi connectivity index (χ3v) is 8.10. The van der Waals surface area contributed by atoms with Crippen LogP contribution in [0.25, 0.3) is 6.08 Å². The number of rotatable bonds is 11. The van der Waals surface area contributed by atoms with Crippen molar-refractivity contribution in [3.8, 4) is 0 Å². The van der Waals surface area contributed by atoms with E-state index < -0.39 is 17.6 Å². The number of hydrogen-bond acceptors (Lipinski definition) is 3. The van der Waals surface area contributed by atoms with Crippen LogP contribution in [0.1, 0.15) is 98.5 Å². The van der Waals surface area contributed by atoms with Crippen LogP contribution in [0.4, 0.5) is 0 Å². The molecule has 0 saturated heterocycles. The molecule has 2 rings (SSSR count). The molecule has 0 heterocycles. The Labute approximate surface area is 216 Å². The van der Waals surface area contributed by atoms with E-state index in [1.54, 1.807) is 0 Å². The van der Waals surface area contributed by atoms with Crippen LogP contribution in [0.5, 0.6) is 0 Å². The Morgan fingerprint density at radius 1 is 0.917 bits per heavy atom. The number of carbonyl (C=O) groups is 2. The third kappa shape index (κ3) is 5.89. The van der Waals surface area contributed by atoms with Crippen LogP contribution in [0.2, 0.25) is 0 Å². The number of hydrogen-bond donors (Lipinski definition) is 2. The monoisotopic (exact) mass is 493 g/mol. The molecule has 0 aliphatic carbocycles. The van der Waals surface area contributed by atoms with Crippen molar-refractivity contribution < 1.29 is 19.8 Å². The van der Waals surface area contributed by atoms with E-state index in [0.717, 1.165) is 35.1 Å². The molecule has 1 atom stereocenters. The molecule has 36 heavy (non-hydrogen) atoms. The minimum absolute atomic E-state index is 0.215. The van der Waals surface area contributed by atoms with Gasteiger partial charge in [0.05, 0.1) is 5.60 Å². The smallest absolute Gasteiger partial charge is 0.326 e. The number of aliphatic carboxylic acids is 1. The lowest BCUT2D eigenvalue weighted by Gasteiger charge is -2.34. The lowest BCUT2D eigenvalue weighted by atomic mass is 9.69. The average Bonchev–Trinajstić information content (AvgIpc) is 2.87. The molecule has 196 valence electrons. The highest BCUT2D eigenvalue weighted by Gasteiger charge is 2.32. The van der Waals surface area contributed by atoms with Crippen molar-refractivity contribution in [3.63, 3.8) is 0 Å². The lowest BCUT2D eigenvalue weighted by Crippen LogP contribution is -2.40. The lowest BCUT2D eigenvalue weighted by molar-refractivity contribution is -0.141. The molecule has 0 bridgehead atoms. The van der Waals surface area contributed by atoms with Gasteiger partial charge in [0.25, 0.3) is 5.91 Å². The molecule has 2 N–H and O–H groups in total. The number of benzene rings is 2. The van der Waals surface area contributed by atoms with Gasteiger partial charge in [-0.3, -0.25) is 4.79 Å². The molecule has 0 aliphatic heterocycles. The Bertz CT molecular complexity index is 1110. The maximum absolute atomic E-state index is 13.0. The quantitative estimate of drug-likeness (QED) is 0.374. The molecule has 1 unspecified atom stereocenters. The number of carboxylic acid groups (broad SMARTS) is 1. The van der Waals surface area contributed by atoms with E-state index in [9.17, 15) is 19.8 Å². The van der Waals surface area contributed by atoms with Crippen molar-refractivity contribution in [1.29, 1.82) is 0 Å². The summed E-state index contributed by atoms with van der Waals surface area (Å²) in [7, 11) is 1.53. The van der Waals surface area contributed by atoms with E-state index in [-0.39, 0.29) is 11.3 Å². The van der Waals surface area contributed by atoms with Gasteiger partial charge in [-0.25, -0.2) is 4.79 Å². The summed E-state index contributed by atoms with van der Waals surface area (Å²) in [5, 5.41) is 19.9. The molecule has 0 aromatic heterocycles. The van der Waals surface area contributed by atoms with Crippen molar-refractivity contribution in [2.75, 3.05) is 7.05 Å². The Hall–Kier alpha value is -2.92. The molecule has 5 nitrogen and oxygen atoms in total. The Morgan fingerprint density at radius 3 is 1.89 bits per heavy atom. The number of carboxylic acids is 1. The van der Waals surface area contributed by atoms with Crippen LogP contribution in [-0.4, -0.2) is 45.7 Å². The Kier molecular flexibility index (Phi) is 9.67. The van der Waals surface area contributed by atoms with Crippen LogP contribution < -0.4 is 0 Å². The minimum atomic E-state index is -1.03. The second-order valence-electron chi connectivity index (χ2n) is 9.96. The van der Waals surface area contributed by atoms with E-state index in [1.165, 1.54) is 24.4 Å². The molecule has 0 fully saturated rings. The highest BCUT2D eigenvalue weighted by molar-refractivity contribution is 5.97. The second kappa shape index (κ2) is 11.9. The summed E-state index contributed by atoms with van der Waals surface area (Å²) in [6.45, 7) is 13.9. The van der Waals surface area contributed by atoms with Crippen molar-refractivity contribution >= 4 is 18.0 Å². The Balaban J connectivity index is 2.48. The topological polar surface area (TPSA) is 77.8 Å². The fourth-order valence-corrected chi connectivity index (χ4v) is 4.86. The first-order valence-electron chi connectivity index (χ1n) is 13.0. The molecule has 2 aromatic carbocycles. The van der Waals surface area contributed by atoms with Crippen LogP contribution in [0, 0.1) is 13.8 Å². The Morgan fingerprint density at radius 2 is 1.44 bits per heavy atom. The van der Waals surface area contributed by atoms with Gasteiger partial charge in [-0.15, -0.1) is 0 Å². The molecule has 0 saturated carbocycles. The van der Waals surface area contributed by atoms with Crippen LogP contribution in [0.3, 0.4) is 0 Å². The van der Waals surface area contributed by atoms with Crippen LogP contribution in [-0.2, 0) is 10.2 Å². The van der Waals surface area contributed by atoms with Gasteiger partial charge >= 0.3 is 5.97 Å². The number of amides is 1. The van der Waals surface area contributed by atoms with Crippen molar-refractivity contribution in [2.45, 2.75) is 91.2 Å². The number of aliphatic hydroxyl groups is 1. The van der Waals surface area contributed by atoms with Crippen LogP contribution in [0.15, 0.2) is 42.5 Å². The highest BCUT2D eigenvalue weighted by Crippen LogP contribution is 2.40. The number of likely N-dealkylation sites (N-methyl/N-ethyl adjacent to an activating group) is 1.